The Morgan fingerprint density at radius 2 is 2.11 bits per heavy atom. The number of carbonyl (C=O) groups is 1. The summed E-state index contributed by atoms with van der Waals surface area (Å²) in [5.74, 6) is -1.16. The van der Waals surface area contributed by atoms with Crippen molar-refractivity contribution in [2.75, 3.05) is 26.2 Å². The molecule has 1 aromatic heterocycles. The van der Waals surface area contributed by atoms with Gasteiger partial charge < -0.3 is 15.0 Å². The average Bonchev–Trinajstić information content (AvgIpc) is 3.15. The number of aromatic nitrogens is 2. The molecule has 1 amide bonds. The molecule has 0 saturated heterocycles. The summed E-state index contributed by atoms with van der Waals surface area (Å²) in [6.07, 6.45) is 2.34. The van der Waals surface area contributed by atoms with Gasteiger partial charge in [-0.2, -0.15) is 5.10 Å². The maximum absolute atomic E-state index is 13.3. The van der Waals surface area contributed by atoms with Crippen LogP contribution in [0.4, 0.5) is 10.1 Å². The monoisotopic (exact) mass is 393 g/mol. The number of hydrogen-bond donors (Lipinski definition) is 1. The van der Waals surface area contributed by atoms with Crippen molar-refractivity contribution in [3.8, 4) is 5.75 Å². The van der Waals surface area contributed by atoms with E-state index in [0.29, 0.717) is 6.54 Å². The van der Waals surface area contributed by atoms with Crippen LogP contribution in [0.25, 0.3) is 0 Å². The molecular weight excluding hydrogens is 369 g/mol. The van der Waals surface area contributed by atoms with Crippen LogP contribution in [0.1, 0.15) is 30.8 Å². The summed E-state index contributed by atoms with van der Waals surface area (Å²) in [5, 5.41) is 17.8. The molecule has 0 unspecified atom stereocenters. The average molecular weight is 393 g/mol. The number of carbonyl (C=O) groups excluding carboxylic acids is 1. The molecule has 0 spiro atoms. The molecule has 2 rings (SSSR count). The van der Waals surface area contributed by atoms with Crippen molar-refractivity contribution in [3.63, 3.8) is 0 Å². The van der Waals surface area contributed by atoms with Gasteiger partial charge in [-0.05, 0) is 38.2 Å². The third kappa shape index (κ3) is 6.02. The Labute approximate surface area is 162 Å². The Balaban J connectivity index is 1.86. The van der Waals surface area contributed by atoms with Crippen molar-refractivity contribution in [2.24, 2.45) is 0 Å². The molecule has 28 heavy (non-hydrogen) atoms. The van der Waals surface area contributed by atoms with Crippen molar-refractivity contribution >= 4 is 11.6 Å². The van der Waals surface area contributed by atoms with Crippen molar-refractivity contribution in [1.82, 2.24) is 20.0 Å². The molecule has 2 aromatic rings. The molecule has 0 saturated carbocycles. The van der Waals surface area contributed by atoms with Gasteiger partial charge >= 0.3 is 5.69 Å². The molecule has 1 N–H and O–H groups in total. The maximum atomic E-state index is 13.3. The minimum Gasteiger partial charge on any atom is -0.464 e. The molecule has 0 aliphatic heterocycles. The van der Waals surface area contributed by atoms with Crippen molar-refractivity contribution in [1.29, 1.82) is 0 Å². The fourth-order valence-electron chi connectivity index (χ4n) is 2.58. The normalized spacial score (nSPS) is 10.9. The number of rotatable bonds is 11. The largest absolute Gasteiger partial charge is 0.464 e. The standard InChI is InChI=1S/C18H24FN5O4/c1-3-22(4-2)10-5-9-20-18(25)15-8-11-23(21-15)13-28-17-12-14(19)6-7-16(17)24(26)27/h6-8,11-12H,3-5,9-10,13H2,1-2H3,(H,20,25). The molecule has 0 fully saturated rings. The molecule has 152 valence electrons. The van der Waals surface area contributed by atoms with E-state index in [0.717, 1.165) is 44.3 Å². The number of amides is 1. The lowest BCUT2D eigenvalue weighted by Gasteiger charge is -2.17. The predicted octanol–water partition coefficient (Wildman–Crippen LogP) is 2.43. The Kier molecular flexibility index (Phi) is 7.88. The van der Waals surface area contributed by atoms with E-state index in [2.05, 4.69) is 29.2 Å². The van der Waals surface area contributed by atoms with Crippen LogP contribution in [-0.2, 0) is 6.73 Å². The lowest BCUT2D eigenvalue weighted by atomic mass is 10.3. The van der Waals surface area contributed by atoms with Crippen molar-refractivity contribution < 1.29 is 18.8 Å². The van der Waals surface area contributed by atoms with Crippen LogP contribution in [0.2, 0.25) is 0 Å². The summed E-state index contributed by atoms with van der Waals surface area (Å²) >= 11 is 0. The molecule has 0 aliphatic rings. The van der Waals surface area contributed by atoms with Crippen molar-refractivity contribution in [2.45, 2.75) is 27.0 Å². The number of nitro benzene ring substituents is 1. The lowest BCUT2D eigenvalue weighted by Crippen LogP contribution is -2.30. The van der Waals surface area contributed by atoms with Gasteiger partial charge in [-0.25, -0.2) is 9.07 Å². The number of nitrogens with zero attached hydrogens (tertiary/aromatic N) is 4. The minimum atomic E-state index is -0.658. The highest BCUT2D eigenvalue weighted by Crippen LogP contribution is 2.27. The summed E-state index contributed by atoms with van der Waals surface area (Å²) in [5.41, 5.74) is -0.139. The van der Waals surface area contributed by atoms with E-state index in [1.165, 1.54) is 16.9 Å². The summed E-state index contributed by atoms with van der Waals surface area (Å²) in [6.45, 7) is 7.37. The Morgan fingerprint density at radius 3 is 2.79 bits per heavy atom. The second-order valence-electron chi connectivity index (χ2n) is 6.02. The summed E-state index contributed by atoms with van der Waals surface area (Å²) < 4.78 is 19.9. The van der Waals surface area contributed by atoms with Gasteiger partial charge in [-0.15, -0.1) is 0 Å². The number of ether oxygens (including phenoxy) is 1. The van der Waals surface area contributed by atoms with Crippen LogP contribution in [0.15, 0.2) is 30.5 Å². The van der Waals surface area contributed by atoms with Crippen LogP contribution in [-0.4, -0.2) is 51.7 Å². The van der Waals surface area contributed by atoms with Crippen LogP contribution >= 0.6 is 0 Å². The summed E-state index contributed by atoms with van der Waals surface area (Å²) in [6, 6.07) is 4.47. The van der Waals surface area contributed by atoms with E-state index in [1.807, 2.05) is 0 Å². The van der Waals surface area contributed by atoms with Gasteiger partial charge in [0.2, 0.25) is 5.75 Å². The highest BCUT2D eigenvalue weighted by Gasteiger charge is 2.16. The third-order valence-electron chi connectivity index (χ3n) is 4.18. The zero-order valence-corrected chi connectivity index (χ0v) is 15.9. The number of benzene rings is 1. The smallest absolute Gasteiger partial charge is 0.311 e. The first kappa shape index (κ1) is 21.3. The molecule has 0 radical (unpaired) electrons. The number of nitrogens with one attached hydrogen (secondary N) is 1. The van der Waals surface area contributed by atoms with Gasteiger partial charge in [-0.3, -0.25) is 14.9 Å². The highest BCUT2D eigenvalue weighted by atomic mass is 19.1. The molecular formula is C18H24FN5O4. The summed E-state index contributed by atoms with van der Waals surface area (Å²) in [4.78, 5) is 24.7. The maximum Gasteiger partial charge on any atom is 0.311 e. The Bertz CT molecular complexity index is 807. The van der Waals surface area contributed by atoms with Crippen LogP contribution < -0.4 is 10.1 Å². The Hall–Kier alpha value is -3.01. The van der Waals surface area contributed by atoms with Crippen LogP contribution in [0.5, 0.6) is 5.75 Å². The first-order valence-corrected chi connectivity index (χ1v) is 9.05. The number of nitro groups is 1. The van der Waals surface area contributed by atoms with E-state index in [1.54, 1.807) is 0 Å². The highest BCUT2D eigenvalue weighted by molar-refractivity contribution is 5.92. The molecule has 1 heterocycles. The molecule has 10 heteroatoms. The molecule has 1 aromatic carbocycles. The third-order valence-corrected chi connectivity index (χ3v) is 4.18. The van der Waals surface area contributed by atoms with Crippen LogP contribution in [0, 0.1) is 15.9 Å². The fraction of sp³-hybridized carbons (Fsp3) is 0.444. The van der Waals surface area contributed by atoms with Gasteiger partial charge in [0.25, 0.3) is 5.91 Å². The van der Waals surface area contributed by atoms with Crippen molar-refractivity contribution in [3.05, 3.63) is 52.1 Å². The van der Waals surface area contributed by atoms with E-state index in [-0.39, 0.29) is 29.8 Å². The van der Waals surface area contributed by atoms with Gasteiger partial charge in [0.15, 0.2) is 6.73 Å². The minimum absolute atomic E-state index is 0.195. The first-order chi connectivity index (χ1) is 13.4. The molecule has 9 nitrogen and oxygen atoms in total. The van der Waals surface area contributed by atoms with E-state index in [4.69, 9.17) is 4.74 Å². The van der Waals surface area contributed by atoms with E-state index in [9.17, 15) is 19.3 Å². The number of hydrogen-bond acceptors (Lipinski definition) is 6. The molecule has 0 aliphatic carbocycles. The zero-order valence-electron chi connectivity index (χ0n) is 15.9. The first-order valence-electron chi connectivity index (χ1n) is 9.05. The Morgan fingerprint density at radius 1 is 1.36 bits per heavy atom. The second kappa shape index (κ2) is 10.4. The SMILES string of the molecule is CCN(CC)CCCNC(=O)c1ccn(COc2cc(F)ccc2[N+](=O)[O-])n1. The van der Waals surface area contributed by atoms with Gasteiger partial charge in [0, 0.05) is 24.9 Å². The topological polar surface area (TPSA) is 103 Å². The quantitative estimate of drug-likeness (QED) is 0.357. The lowest BCUT2D eigenvalue weighted by molar-refractivity contribution is -0.386. The second-order valence-corrected chi connectivity index (χ2v) is 6.02. The number of halogens is 1. The molecule has 0 atom stereocenters. The van der Waals surface area contributed by atoms with E-state index >= 15 is 0 Å². The van der Waals surface area contributed by atoms with Crippen LogP contribution in [0.3, 0.4) is 0 Å². The van der Waals surface area contributed by atoms with Gasteiger partial charge in [0.1, 0.15) is 11.5 Å². The van der Waals surface area contributed by atoms with Gasteiger partial charge in [-0.1, -0.05) is 13.8 Å². The van der Waals surface area contributed by atoms with E-state index < -0.39 is 10.7 Å². The molecule has 0 bridgehead atoms. The van der Waals surface area contributed by atoms with Gasteiger partial charge in [0.05, 0.1) is 4.92 Å². The zero-order chi connectivity index (χ0) is 20.5. The summed E-state index contributed by atoms with van der Waals surface area (Å²) in [7, 11) is 0. The predicted molar refractivity (Wildman–Crippen MR) is 101 cm³/mol. The fourth-order valence-corrected chi connectivity index (χ4v) is 2.58.